The smallest absolute Gasteiger partial charge is 0.255 e. The van der Waals surface area contributed by atoms with Crippen molar-refractivity contribution in [2.75, 3.05) is 11.9 Å². The number of nitrogens with zero attached hydrogens (tertiary/aromatic N) is 1. The molecule has 0 saturated carbocycles. The number of hydrogen-bond acceptors (Lipinski definition) is 4. The van der Waals surface area contributed by atoms with Gasteiger partial charge in [0.05, 0.1) is 11.2 Å². The van der Waals surface area contributed by atoms with E-state index >= 15 is 0 Å². The summed E-state index contributed by atoms with van der Waals surface area (Å²) in [7, 11) is -3.63. The van der Waals surface area contributed by atoms with Crippen LogP contribution in [0, 0.1) is 0 Å². The van der Waals surface area contributed by atoms with E-state index < -0.39 is 10.0 Å². The van der Waals surface area contributed by atoms with Crippen LogP contribution in [0.3, 0.4) is 0 Å². The highest BCUT2D eigenvalue weighted by Gasteiger charge is 2.14. The first-order chi connectivity index (χ1) is 12.5. The van der Waals surface area contributed by atoms with Gasteiger partial charge in [-0.3, -0.25) is 4.79 Å². The Bertz CT molecular complexity index is 953. The van der Waals surface area contributed by atoms with Gasteiger partial charge >= 0.3 is 0 Å². The van der Waals surface area contributed by atoms with Crippen LogP contribution in [0.2, 0.25) is 0 Å². The zero-order chi connectivity index (χ0) is 18.4. The summed E-state index contributed by atoms with van der Waals surface area (Å²) in [5.74, 6) is -0.299. The minimum Gasteiger partial charge on any atom is -0.348 e. The maximum Gasteiger partial charge on any atom is 0.255 e. The van der Waals surface area contributed by atoms with E-state index in [0.717, 1.165) is 5.69 Å². The number of H-pyrrole nitrogens is 1. The molecule has 0 aliphatic carbocycles. The minimum atomic E-state index is -3.63. The number of aromatic nitrogens is 2. The van der Waals surface area contributed by atoms with Gasteiger partial charge in [-0.1, -0.05) is 18.2 Å². The highest BCUT2D eigenvalue weighted by molar-refractivity contribution is 7.89. The highest BCUT2D eigenvalue weighted by Crippen LogP contribution is 2.13. The Morgan fingerprint density at radius 2 is 1.77 bits per heavy atom. The molecule has 0 radical (unpaired) electrons. The van der Waals surface area contributed by atoms with Crippen molar-refractivity contribution in [1.29, 1.82) is 0 Å². The molecule has 0 fully saturated rings. The summed E-state index contributed by atoms with van der Waals surface area (Å²) >= 11 is 0. The largest absolute Gasteiger partial charge is 0.348 e. The van der Waals surface area contributed by atoms with Gasteiger partial charge in [0.25, 0.3) is 5.91 Å². The fraction of sp³-hybridized carbons (Fsp3) is 0.111. The van der Waals surface area contributed by atoms with E-state index in [2.05, 4.69) is 20.0 Å². The van der Waals surface area contributed by atoms with Crippen molar-refractivity contribution >= 4 is 21.6 Å². The van der Waals surface area contributed by atoms with Gasteiger partial charge < -0.3 is 10.3 Å². The van der Waals surface area contributed by atoms with E-state index in [0.29, 0.717) is 17.7 Å². The third-order valence-electron chi connectivity index (χ3n) is 3.70. The quantitative estimate of drug-likeness (QED) is 0.593. The van der Waals surface area contributed by atoms with Crippen LogP contribution < -0.4 is 10.0 Å². The van der Waals surface area contributed by atoms with E-state index in [-0.39, 0.29) is 17.3 Å². The van der Waals surface area contributed by atoms with E-state index in [4.69, 9.17) is 0 Å². The van der Waals surface area contributed by atoms with Crippen molar-refractivity contribution in [3.63, 3.8) is 0 Å². The molecule has 3 rings (SSSR count). The fourth-order valence-corrected chi connectivity index (χ4v) is 3.37. The number of sulfonamides is 1. The summed E-state index contributed by atoms with van der Waals surface area (Å²) in [6.07, 6.45) is 3.70. The Morgan fingerprint density at radius 3 is 2.42 bits per heavy atom. The van der Waals surface area contributed by atoms with Gasteiger partial charge in [-0.2, -0.15) is 0 Å². The fourth-order valence-electron chi connectivity index (χ4n) is 2.34. The van der Waals surface area contributed by atoms with Crippen LogP contribution in [0.4, 0.5) is 5.69 Å². The van der Waals surface area contributed by atoms with Gasteiger partial charge in [0.15, 0.2) is 0 Å². The minimum absolute atomic E-state index is 0.110. The van der Waals surface area contributed by atoms with Crippen LogP contribution in [0.1, 0.15) is 16.1 Å². The molecule has 0 atom stereocenters. The normalized spacial score (nSPS) is 11.2. The molecule has 0 aliphatic rings. The molecule has 0 aliphatic heterocycles. The number of anilines is 1. The number of nitrogens with one attached hydrogen (secondary N) is 3. The average Bonchev–Trinajstić information content (AvgIpc) is 3.16. The van der Waals surface area contributed by atoms with Crippen molar-refractivity contribution in [1.82, 2.24) is 14.7 Å². The van der Waals surface area contributed by atoms with Gasteiger partial charge in [0.1, 0.15) is 0 Å². The third-order valence-corrected chi connectivity index (χ3v) is 5.18. The number of aromatic amines is 1. The Labute approximate surface area is 151 Å². The zero-order valence-electron chi connectivity index (χ0n) is 13.8. The van der Waals surface area contributed by atoms with Crippen LogP contribution in [0.5, 0.6) is 0 Å². The molecule has 0 saturated heterocycles. The molecular formula is C18H18N4O3S. The molecule has 3 N–H and O–H groups in total. The highest BCUT2D eigenvalue weighted by atomic mass is 32.2. The summed E-state index contributed by atoms with van der Waals surface area (Å²) in [5, 5.41) is 2.75. The van der Waals surface area contributed by atoms with E-state index in [1.165, 1.54) is 24.3 Å². The number of hydrogen-bond donors (Lipinski definition) is 3. The van der Waals surface area contributed by atoms with Crippen molar-refractivity contribution in [3.05, 3.63) is 78.4 Å². The van der Waals surface area contributed by atoms with Gasteiger partial charge in [-0.25, -0.2) is 18.1 Å². The van der Waals surface area contributed by atoms with E-state index in [9.17, 15) is 13.2 Å². The molecule has 1 amide bonds. The van der Waals surface area contributed by atoms with Crippen molar-refractivity contribution in [3.8, 4) is 0 Å². The van der Waals surface area contributed by atoms with E-state index in [1.54, 1.807) is 24.7 Å². The van der Waals surface area contributed by atoms with Crippen LogP contribution in [-0.2, 0) is 16.4 Å². The molecule has 7 nitrogen and oxygen atoms in total. The molecule has 2 aromatic carbocycles. The molecule has 8 heteroatoms. The lowest BCUT2D eigenvalue weighted by atomic mass is 10.2. The number of carbonyl (C=O) groups excluding carboxylic acids is 1. The Hall–Kier alpha value is -2.97. The van der Waals surface area contributed by atoms with Crippen molar-refractivity contribution < 1.29 is 13.2 Å². The summed E-state index contributed by atoms with van der Waals surface area (Å²) < 4.78 is 27.1. The summed E-state index contributed by atoms with van der Waals surface area (Å²) in [5.41, 5.74) is 1.90. The number of para-hydroxylation sites is 1. The van der Waals surface area contributed by atoms with Gasteiger partial charge in [0, 0.05) is 36.1 Å². The monoisotopic (exact) mass is 370 g/mol. The molecule has 1 aromatic heterocycles. The van der Waals surface area contributed by atoms with Crippen LogP contribution in [-0.4, -0.2) is 30.8 Å². The number of amides is 1. The first kappa shape index (κ1) is 17.8. The molecule has 0 spiro atoms. The second kappa shape index (κ2) is 7.94. The third kappa shape index (κ3) is 4.56. The average molecular weight is 370 g/mol. The number of imidazole rings is 1. The predicted molar refractivity (Wildman–Crippen MR) is 98.3 cm³/mol. The van der Waals surface area contributed by atoms with Gasteiger partial charge in [-0.05, 0) is 36.4 Å². The maximum atomic E-state index is 12.3. The lowest BCUT2D eigenvalue weighted by Gasteiger charge is -2.08. The topological polar surface area (TPSA) is 104 Å². The van der Waals surface area contributed by atoms with Crippen LogP contribution >= 0.6 is 0 Å². The molecule has 0 unspecified atom stereocenters. The van der Waals surface area contributed by atoms with Crippen molar-refractivity contribution in [2.24, 2.45) is 0 Å². The maximum absolute atomic E-state index is 12.3. The Kier molecular flexibility index (Phi) is 5.45. The van der Waals surface area contributed by atoms with E-state index in [1.807, 2.05) is 18.2 Å². The molecule has 134 valence electrons. The van der Waals surface area contributed by atoms with Crippen molar-refractivity contribution in [2.45, 2.75) is 11.3 Å². The Morgan fingerprint density at radius 1 is 1.04 bits per heavy atom. The summed E-state index contributed by atoms with van der Waals surface area (Å²) in [4.78, 5) is 19.1. The molecular weight excluding hydrogens is 352 g/mol. The standard InChI is InChI=1S/C18H18N4O3S/c23-18(22-15-4-2-1-3-5-15)14-6-8-17(9-7-14)26(24,25)21-11-10-16-12-19-13-20-16/h1-9,12-13,21H,10-11H2,(H,19,20)(H,22,23). The first-order valence-corrected chi connectivity index (χ1v) is 9.46. The van der Waals surface area contributed by atoms with Gasteiger partial charge in [0.2, 0.25) is 10.0 Å². The molecule has 1 heterocycles. The molecule has 0 bridgehead atoms. The predicted octanol–water partition coefficient (Wildman–Crippen LogP) is 2.18. The summed E-state index contributed by atoms with van der Waals surface area (Å²) in [6, 6.07) is 14.9. The number of carbonyl (C=O) groups is 1. The molecule has 3 aromatic rings. The first-order valence-electron chi connectivity index (χ1n) is 7.98. The lowest BCUT2D eigenvalue weighted by molar-refractivity contribution is 0.102. The van der Waals surface area contributed by atoms with Crippen LogP contribution in [0.15, 0.2) is 72.0 Å². The van der Waals surface area contributed by atoms with Crippen LogP contribution in [0.25, 0.3) is 0 Å². The number of benzene rings is 2. The van der Waals surface area contributed by atoms with Gasteiger partial charge in [-0.15, -0.1) is 0 Å². The zero-order valence-corrected chi connectivity index (χ0v) is 14.7. The number of rotatable bonds is 7. The second-order valence-corrected chi connectivity index (χ2v) is 7.34. The lowest BCUT2D eigenvalue weighted by Crippen LogP contribution is -2.26. The second-order valence-electron chi connectivity index (χ2n) is 5.57. The SMILES string of the molecule is O=C(Nc1ccccc1)c1ccc(S(=O)(=O)NCCc2cnc[nH]2)cc1. The Balaban J connectivity index is 1.61. The summed E-state index contributed by atoms with van der Waals surface area (Å²) in [6.45, 7) is 0.251. The molecule has 26 heavy (non-hydrogen) atoms.